The molecule has 0 aromatic heterocycles. The third kappa shape index (κ3) is 17.2. The third-order valence-corrected chi connectivity index (χ3v) is 10.1. The SMILES string of the molecule is CCCCc1ccc(-c2ccc(CN3CCC(C(=O)N[C@H](C(=O)N[C@@H](C)C(=O)N[C@@H](CCCCNC(=O)OC(C)(C)C)C(=O)O)[C@@H](C)OCC(C)C)CC3)cc2)cc1. The lowest BCUT2D eigenvalue weighted by atomic mass is 9.94. The number of hydrogen-bond acceptors (Lipinski definition) is 8. The van der Waals surface area contributed by atoms with E-state index in [-0.39, 0.29) is 30.7 Å². The van der Waals surface area contributed by atoms with E-state index in [0.717, 1.165) is 26.1 Å². The number of rotatable bonds is 22. The first kappa shape index (κ1) is 47.9. The third-order valence-electron chi connectivity index (χ3n) is 10.1. The number of hydrogen-bond donors (Lipinski definition) is 5. The van der Waals surface area contributed by atoms with Crippen LogP contribution in [0.3, 0.4) is 0 Å². The minimum atomic E-state index is -1.21. The standard InChI is InChI=1S/C45H69N5O8/c1-9-10-13-33-15-19-35(20-16-33)36-21-17-34(18-22-36)28-50-26-23-37(24-27-50)41(52)49-39(32(5)57-29-30(2)3)42(53)47-31(4)40(51)48-38(43(54)55)14-11-12-25-46-44(56)58-45(6,7)8/h15-22,30-32,37-39H,9-14,23-29H2,1-8H3,(H,46,56)(H,47,53)(H,48,51)(H,49,52)(H,54,55)/t31-,32+,38-,39-/m0/s1. The van der Waals surface area contributed by atoms with E-state index in [1.165, 1.54) is 42.0 Å². The Bertz CT molecular complexity index is 1600. The normalized spacial score (nSPS) is 15.8. The number of benzene rings is 2. The summed E-state index contributed by atoms with van der Waals surface area (Å²) in [6.07, 6.45) is 4.52. The molecule has 2 aromatic carbocycles. The number of piperidine rings is 1. The van der Waals surface area contributed by atoms with Gasteiger partial charge in [0.25, 0.3) is 0 Å². The Morgan fingerprint density at radius 2 is 1.41 bits per heavy atom. The maximum atomic E-state index is 13.6. The number of carbonyl (C=O) groups excluding carboxylic acids is 4. The predicted molar refractivity (Wildman–Crippen MR) is 226 cm³/mol. The van der Waals surface area contributed by atoms with Crippen molar-refractivity contribution >= 4 is 29.8 Å². The van der Waals surface area contributed by atoms with Crippen molar-refractivity contribution in [3.8, 4) is 11.1 Å². The number of likely N-dealkylation sites (tertiary alicyclic amines) is 1. The van der Waals surface area contributed by atoms with Gasteiger partial charge >= 0.3 is 12.1 Å². The molecule has 0 unspecified atom stereocenters. The fourth-order valence-corrected chi connectivity index (χ4v) is 6.67. The molecule has 0 saturated carbocycles. The van der Waals surface area contributed by atoms with Crippen LogP contribution in [0.2, 0.25) is 0 Å². The summed E-state index contributed by atoms with van der Waals surface area (Å²) in [6.45, 7) is 17.5. The fraction of sp³-hybridized carbons (Fsp3) is 0.622. The van der Waals surface area contributed by atoms with Crippen LogP contribution in [0.15, 0.2) is 48.5 Å². The number of nitrogens with zero attached hydrogens (tertiary/aromatic N) is 1. The maximum Gasteiger partial charge on any atom is 0.407 e. The zero-order valence-corrected chi connectivity index (χ0v) is 36.0. The molecule has 322 valence electrons. The van der Waals surface area contributed by atoms with Crippen LogP contribution in [0.1, 0.15) is 111 Å². The maximum absolute atomic E-state index is 13.6. The Morgan fingerprint density at radius 1 is 0.810 bits per heavy atom. The highest BCUT2D eigenvalue weighted by Crippen LogP contribution is 2.24. The van der Waals surface area contributed by atoms with Crippen molar-refractivity contribution in [2.24, 2.45) is 11.8 Å². The van der Waals surface area contributed by atoms with Crippen LogP contribution in [0, 0.1) is 11.8 Å². The molecule has 0 aliphatic carbocycles. The highest BCUT2D eigenvalue weighted by Gasteiger charge is 2.34. The number of unbranched alkanes of at least 4 members (excludes halogenated alkanes) is 2. The van der Waals surface area contributed by atoms with Gasteiger partial charge in [-0.15, -0.1) is 0 Å². The molecule has 1 aliphatic rings. The van der Waals surface area contributed by atoms with Crippen molar-refractivity contribution < 1.29 is 38.6 Å². The van der Waals surface area contributed by atoms with Gasteiger partial charge in [0.15, 0.2) is 0 Å². The van der Waals surface area contributed by atoms with E-state index in [0.29, 0.717) is 32.3 Å². The zero-order chi connectivity index (χ0) is 42.8. The highest BCUT2D eigenvalue weighted by atomic mass is 16.6. The smallest absolute Gasteiger partial charge is 0.407 e. The lowest BCUT2D eigenvalue weighted by Gasteiger charge is -2.33. The molecule has 4 atom stereocenters. The van der Waals surface area contributed by atoms with Crippen LogP contribution in [0.5, 0.6) is 0 Å². The molecule has 0 radical (unpaired) electrons. The van der Waals surface area contributed by atoms with E-state index in [9.17, 15) is 29.1 Å². The van der Waals surface area contributed by atoms with Crippen molar-refractivity contribution in [3.05, 3.63) is 59.7 Å². The number of carboxylic acid groups (broad SMARTS) is 1. The molecule has 2 aromatic rings. The van der Waals surface area contributed by atoms with Gasteiger partial charge < -0.3 is 35.8 Å². The van der Waals surface area contributed by atoms with Gasteiger partial charge in [-0.1, -0.05) is 75.7 Å². The van der Waals surface area contributed by atoms with E-state index in [2.05, 4.69) is 81.6 Å². The van der Waals surface area contributed by atoms with Crippen LogP contribution in [0.4, 0.5) is 4.79 Å². The Morgan fingerprint density at radius 3 is 1.97 bits per heavy atom. The second kappa shape index (κ2) is 23.8. The average Bonchev–Trinajstić information content (AvgIpc) is 3.17. The summed E-state index contributed by atoms with van der Waals surface area (Å²) in [4.78, 5) is 66.5. The van der Waals surface area contributed by atoms with Crippen molar-refractivity contribution in [1.29, 1.82) is 0 Å². The van der Waals surface area contributed by atoms with Crippen molar-refractivity contribution in [1.82, 2.24) is 26.2 Å². The highest BCUT2D eigenvalue weighted by molar-refractivity contribution is 5.93. The van der Waals surface area contributed by atoms with E-state index in [1.54, 1.807) is 27.7 Å². The number of carbonyl (C=O) groups is 5. The van der Waals surface area contributed by atoms with Gasteiger partial charge in [0.05, 0.1) is 6.10 Å². The summed E-state index contributed by atoms with van der Waals surface area (Å²) in [5, 5.41) is 20.5. The van der Waals surface area contributed by atoms with E-state index in [1.807, 2.05) is 13.8 Å². The van der Waals surface area contributed by atoms with Gasteiger partial charge in [-0.2, -0.15) is 0 Å². The molecule has 1 fully saturated rings. The first-order chi connectivity index (χ1) is 27.4. The van der Waals surface area contributed by atoms with Gasteiger partial charge in [-0.25, -0.2) is 9.59 Å². The van der Waals surface area contributed by atoms with Gasteiger partial charge in [-0.05, 0) is 121 Å². The van der Waals surface area contributed by atoms with Crippen LogP contribution >= 0.6 is 0 Å². The first-order valence-corrected chi connectivity index (χ1v) is 21.1. The van der Waals surface area contributed by atoms with Crippen molar-refractivity contribution in [2.45, 2.75) is 143 Å². The molecule has 1 heterocycles. The Kier molecular flexibility index (Phi) is 19.6. The summed E-state index contributed by atoms with van der Waals surface area (Å²) in [7, 11) is 0. The van der Waals surface area contributed by atoms with Gasteiger partial charge in [0.2, 0.25) is 17.7 Å². The number of ether oxygens (including phenoxy) is 2. The summed E-state index contributed by atoms with van der Waals surface area (Å²) >= 11 is 0. The average molecular weight is 808 g/mol. The predicted octanol–water partition coefficient (Wildman–Crippen LogP) is 6.22. The molecule has 1 aliphatic heterocycles. The minimum Gasteiger partial charge on any atom is -0.480 e. The number of aryl methyl sites for hydroxylation is 1. The quantitative estimate of drug-likeness (QED) is 0.0865. The fourth-order valence-electron chi connectivity index (χ4n) is 6.67. The topological polar surface area (TPSA) is 175 Å². The second-order valence-corrected chi connectivity index (χ2v) is 17.0. The minimum absolute atomic E-state index is 0.121. The summed E-state index contributed by atoms with van der Waals surface area (Å²) in [5.41, 5.74) is 4.33. The Balaban J connectivity index is 1.51. The monoisotopic (exact) mass is 808 g/mol. The van der Waals surface area contributed by atoms with Crippen LogP contribution < -0.4 is 21.3 Å². The first-order valence-electron chi connectivity index (χ1n) is 21.1. The summed E-state index contributed by atoms with van der Waals surface area (Å²) in [6, 6.07) is 14.1. The Labute approximate surface area is 345 Å². The zero-order valence-electron chi connectivity index (χ0n) is 36.0. The molecule has 13 nitrogen and oxygen atoms in total. The molecule has 3 rings (SSSR count). The largest absolute Gasteiger partial charge is 0.480 e. The number of nitrogens with one attached hydrogen (secondary N) is 4. The number of aliphatic carboxylic acids is 1. The van der Waals surface area contributed by atoms with Gasteiger partial charge in [0.1, 0.15) is 23.7 Å². The number of carboxylic acids is 1. The molecule has 0 bridgehead atoms. The molecule has 1 saturated heterocycles. The number of amides is 4. The molecule has 5 N–H and O–H groups in total. The van der Waals surface area contributed by atoms with E-state index in [4.69, 9.17) is 9.47 Å². The van der Waals surface area contributed by atoms with E-state index >= 15 is 0 Å². The summed E-state index contributed by atoms with van der Waals surface area (Å²) in [5.74, 6) is -2.82. The Hall–Kier alpha value is -4.49. The molecule has 58 heavy (non-hydrogen) atoms. The molecule has 0 spiro atoms. The van der Waals surface area contributed by atoms with Crippen LogP contribution in [-0.2, 0) is 41.6 Å². The van der Waals surface area contributed by atoms with Crippen LogP contribution in [0.25, 0.3) is 11.1 Å². The number of alkyl carbamates (subject to hydrolysis) is 1. The second-order valence-electron chi connectivity index (χ2n) is 17.0. The lowest BCUT2D eigenvalue weighted by Crippen LogP contribution is -2.58. The van der Waals surface area contributed by atoms with Crippen LogP contribution in [-0.4, -0.2) is 95.9 Å². The lowest BCUT2D eigenvalue weighted by molar-refractivity contribution is -0.142. The molecular weight excluding hydrogens is 739 g/mol. The summed E-state index contributed by atoms with van der Waals surface area (Å²) < 4.78 is 11.2. The molecular formula is C45H69N5O8. The van der Waals surface area contributed by atoms with Gasteiger partial charge in [0, 0.05) is 25.6 Å². The van der Waals surface area contributed by atoms with E-state index < -0.39 is 53.7 Å². The van der Waals surface area contributed by atoms with Crippen molar-refractivity contribution in [3.63, 3.8) is 0 Å². The van der Waals surface area contributed by atoms with Crippen molar-refractivity contribution in [2.75, 3.05) is 26.2 Å². The molecule has 4 amide bonds. The molecule has 13 heteroatoms. The van der Waals surface area contributed by atoms with Gasteiger partial charge in [-0.3, -0.25) is 19.3 Å².